The Labute approximate surface area is 128 Å². The molecule has 20 heavy (non-hydrogen) atoms. The van der Waals surface area contributed by atoms with Crippen LogP contribution in [0, 0.1) is 5.92 Å². The van der Waals surface area contributed by atoms with Gasteiger partial charge in [-0.15, -0.1) is 0 Å². The summed E-state index contributed by atoms with van der Waals surface area (Å²) in [4.78, 5) is 2.65. The fourth-order valence-electron chi connectivity index (χ4n) is 3.00. The molecule has 0 aromatic heterocycles. The zero-order valence-corrected chi connectivity index (χ0v) is 13.7. The third-order valence-corrected chi connectivity index (χ3v) is 4.40. The Morgan fingerprint density at radius 3 is 2.60 bits per heavy atom. The molecule has 2 atom stereocenters. The van der Waals surface area contributed by atoms with E-state index in [0.717, 1.165) is 30.6 Å². The predicted molar refractivity (Wildman–Crippen MR) is 87.2 cm³/mol. The first-order valence-electron chi connectivity index (χ1n) is 7.80. The third-order valence-electron chi connectivity index (χ3n) is 4.15. The van der Waals surface area contributed by atoms with E-state index in [2.05, 4.69) is 43.1 Å². The smallest absolute Gasteiger partial charge is 0.0406 e. The van der Waals surface area contributed by atoms with Crippen LogP contribution in [0.15, 0.2) is 24.3 Å². The van der Waals surface area contributed by atoms with Crippen molar-refractivity contribution >= 4 is 11.6 Å². The zero-order chi connectivity index (χ0) is 14.5. The van der Waals surface area contributed by atoms with Crippen LogP contribution in [0.2, 0.25) is 5.02 Å². The monoisotopic (exact) mass is 294 g/mol. The quantitative estimate of drug-likeness (QED) is 0.885. The van der Waals surface area contributed by atoms with Gasteiger partial charge in [0.2, 0.25) is 0 Å². The number of nitrogens with zero attached hydrogens (tertiary/aromatic N) is 1. The van der Waals surface area contributed by atoms with E-state index in [1.165, 1.54) is 18.4 Å². The van der Waals surface area contributed by atoms with Gasteiger partial charge in [-0.1, -0.05) is 44.5 Å². The molecule has 0 saturated carbocycles. The van der Waals surface area contributed by atoms with Gasteiger partial charge < -0.3 is 5.32 Å². The highest BCUT2D eigenvalue weighted by molar-refractivity contribution is 6.30. The highest BCUT2D eigenvalue weighted by atomic mass is 35.5. The van der Waals surface area contributed by atoms with Crippen LogP contribution in [-0.4, -0.2) is 30.1 Å². The number of nitrogens with one attached hydrogen (secondary N) is 1. The topological polar surface area (TPSA) is 15.3 Å². The fraction of sp³-hybridized carbons (Fsp3) is 0.647. The lowest BCUT2D eigenvalue weighted by atomic mass is 9.97. The Bertz CT molecular complexity index is 402. The SMILES string of the molecule is CCC1CN(Cc2ccc(Cl)cc2)C(CC(C)C)CN1. The maximum absolute atomic E-state index is 5.97. The molecule has 1 aromatic carbocycles. The van der Waals surface area contributed by atoms with Crippen LogP contribution >= 0.6 is 11.6 Å². The zero-order valence-electron chi connectivity index (χ0n) is 12.9. The number of hydrogen-bond acceptors (Lipinski definition) is 2. The summed E-state index contributed by atoms with van der Waals surface area (Å²) in [5.74, 6) is 0.743. The van der Waals surface area contributed by atoms with Crippen molar-refractivity contribution in [2.75, 3.05) is 13.1 Å². The lowest BCUT2D eigenvalue weighted by molar-refractivity contribution is 0.105. The van der Waals surface area contributed by atoms with Gasteiger partial charge in [0.15, 0.2) is 0 Å². The number of rotatable bonds is 5. The summed E-state index contributed by atoms with van der Waals surface area (Å²) in [5.41, 5.74) is 1.36. The van der Waals surface area contributed by atoms with Crippen molar-refractivity contribution in [3.63, 3.8) is 0 Å². The van der Waals surface area contributed by atoms with Gasteiger partial charge in [-0.25, -0.2) is 0 Å². The summed E-state index contributed by atoms with van der Waals surface area (Å²) >= 11 is 5.97. The van der Waals surface area contributed by atoms with E-state index in [1.807, 2.05) is 12.1 Å². The molecule has 0 bridgehead atoms. The van der Waals surface area contributed by atoms with E-state index in [1.54, 1.807) is 0 Å². The summed E-state index contributed by atoms with van der Waals surface area (Å²) < 4.78 is 0. The van der Waals surface area contributed by atoms with Gasteiger partial charge in [0.1, 0.15) is 0 Å². The first-order valence-corrected chi connectivity index (χ1v) is 8.18. The molecule has 1 fully saturated rings. The molecule has 0 radical (unpaired) electrons. The highest BCUT2D eigenvalue weighted by Gasteiger charge is 2.27. The second-order valence-corrected chi connectivity index (χ2v) is 6.79. The van der Waals surface area contributed by atoms with Gasteiger partial charge in [0.05, 0.1) is 0 Å². The predicted octanol–water partition coefficient (Wildman–Crippen LogP) is 3.94. The van der Waals surface area contributed by atoms with Crippen molar-refractivity contribution in [2.24, 2.45) is 5.92 Å². The van der Waals surface area contributed by atoms with E-state index < -0.39 is 0 Å². The molecule has 1 saturated heterocycles. The Hall–Kier alpha value is -0.570. The highest BCUT2D eigenvalue weighted by Crippen LogP contribution is 2.20. The number of benzene rings is 1. The van der Waals surface area contributed by atoms with E-state index in [0.29, 0.717) is 12.1 Å². The molecule has 0 spiro atoms. The van der Waals surface area contributed by atoms with Crippen molar-refractivity contribution in [2.45, 2.75) is 52.2 Å². The van der Waals surface area contributed by atoms with E-state index in [-0.39, 0.29) is 0 Å². The van der Waals surface area contributed by atoms with Gasteiger partial charge >= 0.3 is 0 Å². The fourth-order valence-corrected chi connectivity index (χ4v) is 3.12. The Kier molecular flexibility index (Phi) is 5.88. The average Bonchev–Trinajstić information content (AvgIpc) is 2.42. The molecular weight excluding hydrogens is 268 g/mol. The molecule has 2 unspecified atom stereocenters. The summed E-state index contributed by atoms with van der Waals surface area (Å²) in [6, 6.07) is 9.57. The van der Waals surface area contributed by atoms with Crippen LogP contribution in [0.5, 0.6) is 0 Å². The lowest BCUT2D eigenvalue weighted by Gasteiger charge is -2.41. The van der Waals surface area contributed by atoms with Crippen molar-refractivity contribution in [3.05, 3.63) is 34.9 Å². The minimum atomic E-state index is 0.630. The number of halogens is 1. The largest absolute Gasteiger partial charge is 0.311 e. The number of piperazine rings is 1. The summed E-state index contributed by atoms with van der Waals surface area (Å²) in [6.07, 6.45) is 2.46. The molecular formula is C17H27ClN2. The van der Waals surface area contributed by atoms with Crippen LogP contribution in [-0.2, 0) is 6.54 Å². The normalized spacial score (nSPS) is 24.2. The molecule has 1 aromatic rings. The van der Waals surface area contributed by atoms with Gasteiger partial charge in [-0.2, -0.15) is 0 Å². The molecule has 1 heterocycles. The summed E-state index contributed by atoms with van der Waals surface area (Å²) in [5, 5.41) is 4.51. The van der Waals surface area contributed by atoms with Crippen LogP contribution in [0.1, 0.15) is 39.2 Å². The standard InChI is InChI=1S/C17H27ClN2/c1-4-16-12-20(17(10-19-16)9-13(2)3)11-14-5-7-15(18)8-6-14/h5-8,13,16-17,19H,4,9-12H2,1-3H3. The molecule has 2 nitrogen and oxygen atoms in total. The molecule has 0 amide bonds. The molecule has 1 N–H and O–H groups in total. The first kappa shape index (κ1) is 15.8. The Morgan fingerprint density at radius 2 is 2.00 bits per heavy atom. The minimum Gasteiger partial charge on any atom is -0.311 e. The van der Waals surface area contributed by atoms with Gasteiger partial charge in [0.25, 0.3) is 0 Å². The van der Waals surface area contributed by atoms with Crippen molar-refractivity contribution in [1.82, 2.24) is 10.2 Å². The van der Waals surface area contributed by atoms with Gasteiger partial charge in [0, 0.05) is 36.7 Å². The van der Waals surface area contributed by atoms with Gasteiger partial charge in [-0.05, 0) is 36.5 Å². The number of hydrogen-bond donors (Lipinski definition) is 1. The van der Waals surface area contributed by atoms with Gasteiger partial charge in [-0.3, -0.25) is 4.90 Å². The third kappa shape index (κ3) is 4.47. The second kappa shape index (κ2) is 7.44. The van der Waals surface area contributed by atoms with Crippen LogP contribution in [0.4, 0.5) is 0 Å². The first-order chi connectivity index (χ1) is 9.58. The molecule has 112 valence electrons. The maximum Gasteiger partial charge on any atom is 0.0406 e. The lowest BCUT2D eigenvalue weighted by Crippen LogP contribution is -2.56. The Balaban J connectivity index is 2.04. The van der Waals surface area contributed by atoms with E-state index in [9.17, 15) is 0 Å². The molecule has 1 aliphatic heterocycles. The van der Waals surface area contributed by atoms with Crippen molar-refractivity contribution in [1.29, 1.82) is 0 Å². The van der Waals surface area contributed by atoms with Crippen LogP contribution in [0.3, 0.4) is 0 Å². The van der Waals surface area contributed by atoms with E-state index >= 15 is 0 Å². The molecule has 3 heteroatoms. The maximum atomic E-state index is 5.97. The molecule has 0 aliphatic carbocycles. The van der Waals surface area contributed by atoms with Crippen molar-refractivity contribution in [3.8, 4) is 0 Å². The molecule has 2 rings (SSSR count). The summed E-state index contributed by atoms with van der Waals surface area (Å²) in [7, 11) is 0. The van der Waals surface area contributed by atoms with E-state index in [4.69, 9.17) is 11.6 Å². The average molecular weight is 295 g/mol. The Morgan fingerprint density at radius 1 is 1.30 bits per heavy atom. The van der Waals surface area contributed by atoms with Crippen LogP contribution < -0.4 is 5.32 Å². The van der Waals surface area contributed by atoms with Crippen molar-refractivity contribution < 1.29 is 0 Å². The second-order valence-electron chi connectivity index (χ2n) is 6.35. The van der Waals surface area contributed by atoms with Crippen LogP contribution in [0.25, 0.3) is 0 Å². The minimum absolute atomic E-state index is 0.630. The summed E-state index contributed by atoms with van der Waals surface area (Å²) in [6.45, 7) is 10.2. The molecule has 1 aliphatic rings.